The van der Waals surface area contributed by atoms with E-state index in [1.165, 1.54) is 25.7 Å². The number of ether oxygens (including phenoxy) is 2. The molecular weight excluding hydrogens is 264 g/mol. The summed E-state index contributed by atoms with van der Waals surface area (Å²) in [6.45, 7) is 4.45. The lowest BCUT2D eigenvalue weighted by atomic mass is 10.2. The van der Waals surface area contributed by atoms with Gasteiger partial charge in [-0.1, -0.05) is 25.0 Å². The normalized spacial score (nSPS) is 15.1. The van der Waals surface area contributed by atoms with Gasteiger partial charge in [0, 0.05) is 12.6 Å². The number of nitriles is 1. The van der Waals surface area contributed by atoms with E-state index in [0.717, 1.165) is 18.0 Å². The molecule has 1 aliphatic rings. The zero-order chi connectivity index (χ0) is 14.9. The van der Waals surface area contributed by atoms with Crippen molar-refractivity contribution in [1.29, 1.82) is 5.26 Å². The van der Waals surface area contributed by atoms with Gasteiger partial charge >= 0.3 is 0 Å². The molecule has 1 aromatic carbocycles. The molecule has 1 aliphatic carbocycles. The van der Waals surface area contributed by atoms with Gasteiger partial charge in [0.1, 0.15) is 6.61 Å². The first kappa shape index (κ1) is 15.7. The average molecular weight is 288 g/mol. The van der Waals surface area contributed by atoms with Gasteiger partial charge in [-0.25, -0.2) is 0 Å². The molecule has 0 heterocycles. The van der Waals surface area contributed by atoms with Crippen molar-refractivity contribution < 1.29 is 9.47 Å². The van der Waals surface area contributed by atoms with Crippen LogP contribution in [0, 0.1) is 11.3 Å². The van der Waals surface area contributed by atoms with Crippen LogP contribution in [0.5, 0.6) is 11.5 Å². The molecule has 114 valence electrons. The minimum atomic E-state index is 0.487. The van der Waals surface area contributed by atoms with E-state index in [4.69, 9.17) is 14.7 Å². The number of hydrogen-bond acceptors (Lipinski definition) is 4. The Kier molecular flexibility index (Phi) is 6.36. The summed E-state index contributed by atoms with van der Waals surface area (Å²) in [6, 6.07) is 10.6. The van der Waals surface area contributed by atoms with Crippen LogP contribution in [-0.2, 0) is 0 Å². The summed E-state index contributed by atoms with van der Waals surface area (Å²) < 4.78 is 11.4. The predicted octanol–water partition coefficient (Wildman–Crippen LogP) is 3.23. The highest BCUT2D eigenvalue weighted by atomic mass is 16.5. The highest BCUT2D eigenvalue weighted by Crippen LogP contribution is 2.27. The lowest BCUT2D eigenvalue weighted by Gasteiger charge is -2.26. The summed E-state index contributed by atoms with van der Waals surface area (Å²) in [6.07, 6.45) is 4.97. The maximum Gasteiger partial charge on any atom is 0.161 e. The van der Waals surface area contributed by atoms with Crippen LogP contribution < -0.4 is 9.47 Å². The second-order valence-corrected chi connectivity index (χ2v) is 5.30. The minimum Gasteiger partial charge on any atom is -0.490 e. The molecule has 2 rings (SSSR count). The van der Waals surface area contributed by atoms with Crippen LogP contribution in [-0.4, -0.2) is 37.2 Å². The van der Waals surface area contributed by atoms with Crippen LogP contribution in [0.2, 0.25) is 0 Å². The Labute approximate surface area is 127 Å². The molecule has 0 atom stereocenters. The van der Waals surface area contributed by atoms with Gasteiger partial charge in [-0.15, -0.1) is 0 Å². The van der Waals surface area contributed by atoms with Crippen LogP contribution in [0.4, 0.5) is 0 Å². The Morgan fingerprint density at radius 2 is 1.86 bits per heavy atom. The molecule has 0 amide bonds. The van der Waals surface area contributed by atoms with E-state index in [2.05, 4.69) is 11.0 Å². The largest absolute Gasteiger partial charge is 0.490 e. The van der Waals surface area contributed by atoms with Gasteiger partial charge in [0.05, 0.1) is 19.2 Å². The van der Waals surface area contributed by atoms with Gasteiger partial charge in [0.25, 0.3) is 0 Å². The van der Waals surface area contributed by atoms with Crippen molar-refractivity contribution in [2.45, 2.75) is 38.6 Å². The van der Waals surface area contributed by atoms with Crippen LogP contribution >= 0.6 is 0 Å². The molecule has 0 saturated heterocycles. The molecule has 0 unspecified atom stereocenters. The predicted molar refractivity (Wildman–Crippen MR) is 82.5 cm³/mol. The van der Waals surface area contributed by atoms with E-state index in [0.29, 0.717) is 25.8 Å². The maximum absolute atomic E-state index is 8.97. The first-order valence-corrected chi connectivity index (χ1v) is 7.80. The summed E-state index contributed by atoms with van der Waals surface area (Å²) in [7, 11) is 0. The summed E-state index contributed by atoms with van der Waals surface area (Å²) in [5.41, 5.74) is 0. The molecule has 0 N–H and O–H groups in total. The van der Waals surface area contributed by atoms with Gasteiger partial charge in [-0.05, 0) is 31.9 Å². The topological polar surface area (TPSA) is 45.5 Å². The Morgan fingerprint density at radius 3 is 2.48 bits per heavy atom. The van der Waals surface area contributed by atoms with Gasteiger partial charge in [0.15, 0.2) is 11.5 Å². The molecule has 1 fully saturated rings. The molecule has 0 spiro atoms. The molecule has 0 aromatic heterocycles. The highest BCUT2D eigenvalue weighted by molar-refractivity contribution is 5.39. The fourth-order valence-electron chi connectivity index (χ4n) is 2.87. The van der Waals surface area contributed by atoms with Gasteiger partial charge < -0.3 is 9.47 Å². The SMILES string of the molecule is CCOc1ccccc1OCCN(CC#N)C1CCCC1. The van der Waals surface area contributed by atoms with Gasteiger partial charge in [-0.2, -0.15) is 5.26 Å². The number of nitrogens with zero attached hydrogens (tertiary/aromatic N) is 2. The molecule has 0 bridgehead atoms. The average Bonchev–Trinajstić information content (AvgIpc) is 3.02. The molecule has 21 heavy (non-hydrogen) atoms. The van der Waals surface area contributed by atoms with Crippen molar-refractivity contribution in [2.75, 3.05) is 26.3 Å². The third-order valence-corrected chi connectivity index (χ3v) is 3.90. The maximum atomic E-state index is 8.97. The van der Waals surface area contributed by atoms with E-state index in [1.807, 2.05) is 31.2 Å². The summed E-state index contributed by atoms with van der Waals surface area (Å²) >= 11 is 0. The fraction of sp³-hybridized carbons (Fsp3) is 0.588. The quantitative estimate of drug-likeness (QED) is 0.689. The fourth-order valence-corrected chi connectivity index (χ4v) is 2.87. The zero-order valence-electron chi connectivity index (χ0n) is 12.8. The molecule has 4 nitrogen and oxygen atoms in total. The number of para-hydroxylation sites is 2. The van der Waals surface area contributed by atoms with Crippen molar-refractivity contribution in [3.8, 4) is 17.6 Å². The molecule has 1 aromatic rings. The Hall–Kier alpha value is -1.73. The standard InChI is InChI=1S/C17H24N2O2/c1-2-20-16-9-5-6-10-17(16)21-14-13-19(12-11-18)15-7-3-4-8-15/h5-6,9-10,15H,2-4,7-8,12-14H2,1H3. The Morgan fingerprint density at radius 1 is 1.19 bits per heavy atom. The highest BCUT2D eigenvalue weighted by Gasteiger charge is 2.22. The second kappa shape index (κ2) is 8.53. The smallest absolute Gasteiger partial charge is 0.161 e. The minimum absolute atomic E-state index is 0.487. The van der Waals surface area contributed by atoms with Crippen LogP contribution in [0.1, 0.15) is 32.6 Å². The van der Waals surface area contributed by atoms with Crippen LogP contribution in [0.25, 0.3) is 0 Å². The van der Waals surface area contributed by atoms with Crippen molar-refractivity contribution in [1.82, 2.24) is 4.90 Å². The van der Waals surface area contributed by atoms with E-state index in [-0.39, 0.29) is 0 Å². The van der Waals surface area contributed by atoms with E-state index in [1.54, 1.807) is 0 Å². The van der Waals surface area contributed by atoms with Crippen molar-refractivity contribution in [2.24, 2.45) is 0 Å². The summed E-state index contributed by atoms with van der Waals surface area (Å²) in [5.74, 6) is 1.57. The molecule has 1 saturated carbocycles. The number of rotatable bonds is 8. The van der Waals surface area contributed by atoms with Crippen molar-refractivity contribution in [3.05, 3.63) is 24.3 Å². The molecule has 0 aliphatic heterocycles. The summed E-state index contributed by atoms with van der Waals surface area (Å²) in [5, 5.41) is 8.97. The van der Waals surface area contributed by atoms with Crippen LogP contribution in [0.3, 0.4) is 0 Å². The van der Waals surface area contributed by atoms with E-state index >= 15 is 0 Å². The van der Waals surface area contributed by atoms with Gasteiger partial charge in [0.2, 0.25) is 0 Å². The zero-order valence-corrected chi connectivity index (χ0v) is 12.8. The molecular formula is C17H24N2O2. The van der Waals surface area contributed by atoms with Crippen molar-refractivity contribution in [3.63, 3.8) is 0 Å². The second-order valence-electron chi connectivity index (χ2n) is 5.30. The van der Waals surface area contributed by atoms with Crippen LogP contribution in [0.15, 0.2) is 24.3 Å². The van der Waals surface area contributed by atoms with Gasteiger partial charge in [-0.3, -0.25) is 4.90 Å². The third-order valence-electron chi connectivity index (χ3n) is 3.90. The lowest BCUT2D eigenvalue weighted by molar-refractivity contribution is 0.173. The Balaban J connectivity index is 1.85. The monoisotopic (exact) mass is 288 g/mol. The van der Waals surface area contributed by atoms with E-state index < -0.39 is 0 Å². The number of hydrogen-bond donors (Lipinski definition) is 0. The first-order valence-electron chi connectivity index (χ1n) is 7.80. The van der Waals surface area contributed by atoms with Crippen molar-refractivity contribution >= 4 is 0 Å². The third kappa shape index (κ3) is 4.64. The van der Waals surface area contributed by atoms with E-state index in [9.17, 15) is 0 Å². The molecule has 4 heteroatoms. The number of benzene rings is 1. The molecule has 0 radical (unpaired) electrons. The Bertz CT molecular complexity index is 464. The first-order chi connectivity index (χ1) is 10.3. The lowest BCUT2D eigenvalue weighted by Crippen LogP contribution is -2.36. The summed E-state index contributed by atoms with van der Waals surface area (Å²) in [4.78, 5) is 2.25.